The first-order chi connectivity index (χ1) is 40.0. The highest BCUT2D eigenvalue weighted by atomic mass is 16.6. The van der Waals surface area contributed by atoms with E-state index in [4.69, 9.17) is 14.2 Å². The fourth-order valence-electron chi connectivity index (χ4n) is 8.66. The van der Waals surface area contributed by atoms with Gasteiger partial charge in [-0.2, -0.15) is 0 Å². The summed E-state index contributed by atoms with van der Waals surface area (Å²) in [7, 11) is 0. The molecule has 0 heterocycles. The van der Waals surface area contributed by atoms with Crippen molar-refractivity contribution in [3.63, 3.8) is 0 Å². The lowest BCUT2D eigenvalue weighted by molar-refractivity contribution is -0.167. The number of carbonyl (C=O) groups is 3. The maximum absolute atomic E-state index is 12.9. The first-order valence-corrected chi connectivity index (χ1v) is 33.0. The smallest absolute Gasteiger partial charge is 0.306 e. The van der Waals surface area contributed by atoms with Gasteiger partial charge in [-0.15, -0.1) is 0 Å². The maximum atomic E-state index is 12.9. The molecule has 0 aromatic carbocycles. The molecule has 0 saturated carbocycles. The van der Waals surface area contributed by atoms with Crippen LogP contribution in [-0.4, -0.2) is 37.2 Å². The predicted octanol–water partition coefficient (Wildman–Crippen LogP) is 22.9. The highest BCUT2D eigenvalue weighted by Crippen LogP contribution is 2.15. The number of esters is 3. The topological polar surface area (TPSA) is 78.9 Å². The van der Waals surface area contributed by atoms with E-state index in [0.29, 0.717) is 12.8 Å². The van der Waals surface area contributed by atoms with Crippen LogP contribution in [0.5, 0.6) is 0 Å². The Bertz CT molecular complexity index is 1810. The summed E-state index contributed by atoms with van der Waals surface area (Å²) in [4.78, 5) is 38.3. The molecule has 0 spiro atoms. The van der Waals surface area contributed by atoms with Crippen LogP contribution < -0.4 is 0 Å². The van der Waals surface area contributed by atoms with E-state index < -0.39 is 6.10 Å². The Hall–Kier alpha value is -4.97. The van der Waals surface area contributed by atoms with Gasteiger partial charge in [-0.25, -0.2) is 0 Å². The fourth-order valence-corrected chi connectivity index (χ4v) is 8.66. The Kier molecular flexibility index (Phi) is 63.4. The maximum Gasteiger partial charge on any atom is 0.306 e. The Morgan fingerprint density at radius 3 is 0.765 bits per heavy atom. The highest BCUT2D eigenvalue weighted by molar-refractivity contribution is 5.71. The Morgan fingerprint density at radius 2 is 0.481 bits per heavy atom. The molecule has 0 aliphatic heterocycles. The van der Waals surface area contributed by atoms with Crippen molar-refractivity contribution in [2.45, 2.75) is 284 Å². The number of ether oxygens (including phenoxy) is 3. The Morgan fingerprint density at radius 1 is 0.259 bits per heavy atom. The summed E-state index contributed by atoms with van der Waals surface area (Å²) in [5.74, 6) is -0.948. The van der Waals surface area contributed by atoms with E-state index in [1.807, 2.05) is 0 Å². The molecular weight excluding hydrogens is 997 g/mol. The minimum atomic E-state index is -0.809. The van der Waals surface area contributed by atoms with Gasteiger partial charge in [-0.05, 0) is 128 Å². The van der Waals surface area contributed by atoms with Crippen LogP contribution in [0.4, 0.5) is 0 Å². The first kappa shape index (κ1) is 76.0. The quantitative estimate of drug-likeness (QED) is 0.0261. The predicted molar refractivity (Wildman–Crippen MR) is 352 cm³/mol. The summed E-state index contributed by atoms with van der Waals surface area (Å²) in [6.07, 6.45) is 98.2. The second-order valence-corrected chi connectivity index (χ2v) is 21.3. The molecule has 0 saturated heterocycles. The second kappa shape index (κ2) is 67.5. The SMILES string of the molecule is CC/C=C\C/C=C\C/C=C\C/C=C\C/C=C\C/C=C\C/C=C\C/C=C\CCCCCCCCC(=O)OCC(COC(=O)CCCCCCCCCCCCCCC)OC(=O)CCCCC/C=C\C/C=C\C/C=C\C/C=C\C/C=C\CC. The van der Waals surface area contributed by atoms with Gasteiger partial charge < -0.3 is 14.2 Å². The van der Waals surface area contributed by atoms with E-state index in [2.05, 4.69) is 179 Å². The molecule has 0 bridgehead atoms. The molecule has 81 heavy (non-hydrogen) atoms. The number of unbranched alkanes of at least 4 members (excludes halogenated alkanes) is 21. The molecule has 0 aliphatic carbocycles. The molecule has 6 heteroatoms. The van der Waals surface area contributed by atoms with Crippen LogP contribution >= 0.6 is 0 Å². The van der Waals surface area contributed by atoms with Crippen LogP contribution in [0.15, 0.2) is 158 Å². The number of carbonyl (C=O) groups excluding carboxylic acids is 3. The number of rotatable bonds is 58. The summed E-state index contributed by atoms with van der Waals surface area (Å²) in [6.45, 7) is 6.37. The number of allylic oxidation sites excluding steroid dienone is 26. The van der Waals surface area contributed by atoms with Crippen molar-refractivity contribution in [3.05, 3.63) is 158 Å². The molecule has 6 nitrogen and oxygen atoms in total. The average Bonchev–Trinajstić information content (AvgIpc) is 3.46. The van der Waals surface area contributed by atoms with E-state index >= 15 is 0 Å². The van der Waals surface area contributed by atoms with Crippen LogP contribution in [-0.2, 0) is 28.6 Å². The molecule has 0 rings (SSSR count). The van der Waals surface area contributed by atoms with Gasteiger partial charge in [0.05, 0.1) is 0 Å². The van der Waals surface area contributed by atoms with E-state index in [9.17, 15) is 14.4 Å². The third-order valence-corrected chi connectivity index (χ3v) is 13.5. The van der Waals surface area contributed by atoms with E-state index in [-0.39, 0.29) is 37.5 Å². The van der Waals surface area contributed by atoms with E-state index in [1.165, 1.54) is 77.0 Å². The molecule has 0 aromatic rings. The van der Waals surface area contributed by atoms with Crippen LogP contribution in [0.3, 0.4) is 0 Å². The van der Waals surface area contributed by atoms with Crippen molar-refractivity contribution < 1.29 is 28.6 Å². The average molecular weight is 1120 g/mol. The number of hydrogen-bond donors (Lipinski definition) is 0. The van der Waals surface area contributed by atoms with Crippen molar-refractivity contribution in [3.8, 4) is 0 Å². The zero-order chi connectivity index (χ0) is 58.5. The number of hydrogen-bond acceptors (Lipinski definition) is 6. The van der Waals surface area contributed by atoms with Gasteiger partial charge in [0, 0.05) is 19.3 Å². The zero-order valence-electron chi connectivity index (χ0n) is 52.2. The Labute approximate surface area is 499 Å². The summed E-state index contributed by atoms with van der Waals surface area (Å²) in [6, 6.07) is 0. The monoisotopic (exact) mass is 1120 g/mol. The molecule has 0 amide bonds. The second-order valence-electron chi connectivity index (χ2n) is 21.3. The summed E-state index contributed by atoms with van der Waals surface area (Å²) < 4.78 is 16.9. The Balaban J connectivity index is 4.40. The van der Waals surface area contributed by atoms with Crippen molar-refractivity contribution in [2.24, 2.45) is 0 Å². The van der Waals surface area contributed by atoms with Gasteiger partial charge >= 0.3 is 17.9 Å². The van der Waals surface area contributed by atoms with Gasteiger partial charge in [-0.1, -0.05) is 288 Å². The van der Waals surface area contributed by atoms with Crippen molar-refractivity contribution >= 4 is 17.9 Å². The van der Waals surface area contributed by atoms with Gasteiger partial charge in [0.15, 0.2) is 6.10 Å². The lowest BCUT2D eigenvalue weighted by Gasteiger charge is -2.18. The summed E-state index contributed by atoms with van der Waals surface area (Å²) >= 11 is 0. The standard InChI is InChI=1S/C75H120O6/c1-4-7-10-13-16-19-22-25-27-29-31-32-33-34-35-36-37-38-39-40-41-42-44-45-47-50-53-56-59-62-65-68-74(77)80-71-72(70-79-73(76)67-64-61-58-55-52-49-24-21-18-15-12-9-6-3)81-75(78)69-66-63-60-57-54-51-48-46-43-30-28-26-23-20-17-14-11-8-5-2/h7-8,10-11,16-17,19-20,25-28,31-32,34-35,37-38,40-41,43-46,51,54,72H,4-6,9,12-15,18,21-24,29-30,33,36,39,42,47-50,52-53,55-71H2,1-3H3/b10-7-,11-8-,19-16-,20-17-,27-25-,28-26-,32-31-,35-34-,38-37-,41-40-,45-44-,46-43-,54-51-. The molecular formula is C75H120O6. The van der Waals surface area contributed by atoms with Crippen LogP contribution in [0.25, 0.3) is 0 Å². The molecule has 0 aliphatic rings. The lowest BCUT2D eigenvalue weighted by Crippen LogP contribution is -2.30. The molecule has 1 unspecified atom stereocenters. The molecule has 456 valence electrons. The van der Waals surface area contributed by atoms with Crippen LogP contribution in [0.2, 0.25) is 0 Å². The van der Waals surface area contributed by atoms with Gasteiger partial charge in [-0.3, -0.25) is 14.4 Å². The van der Waals surface area contributed by atoms with Gasteiger partial charge in [0.2, 0.25) is 0 Å². The van der Waals surface area contributed by atoms with E-state index in [1.54, 1.807) is 0 Å². The molecule has 0 aromatic heterocycles. The third-order valence-electron chi connectivity index (χ3n) is 13.5. The van der Waals surface area contributed by atoms with Gasteiger partial charge in [0.25, 0.3) is 0 Å². The summed E-state index contributed by atoms with van der Waals surface area (Å²) in [5, 5.41) is 0. The summed E-state index contributed by atoms with van der Waals surface area (Å²) in [5.41, 5.74) is 0. The molecule has 0 N–H and O–H groups in total. The van der Waals surface area contributed by atoms with Crippen molar-refractivity contribution in [1.82, 2.24) is 0 Å². The van der Waals surface area contributed by atoms with Crippen LogP contribution in [0.1, 0.15) is 278 Å². The van der Waals surface area contributed by atoms with Crippen molar-refractivity contribution in [1.29, 1.82) is 0 Å². The van der Waals surface area contributed by atoms with E-state index in [0.717, 1.165) is 161 Å². The minimum Gasteiger partial charge on any atom is -0.462 e. The zero-order valence-corrected chi connectivity index (χ0v) is 52.2. The minimum absolute atomic E-state index is 0.0999. The lowest BCUT2D eigenvalue weighted by atomic mass is 10.0. The third kappa shape index (κ3) is 65.7. The molecule has 0 fully saturated rings. The fraction of sp³-hybridized carbons (Fsp3) is 0.613. The molecule has 0 radical (unpaired) electrons. The van der Waals surface area contributed by atoms with Crippen LogP contribution in [0, 0.1) is 0 Å². The first-order valence-electron chi connectivity index (χ1n) is 33.0. The normalized spacial score (nSPS) is 13.2. The van der Waals surface area contributed by atoms with Gasteiger partial charge in [0.1, 0.15) is 13.2 Å². The molecule has 1 atom stereocenters. The van der Waals surface area contributed by atoms with Crippen molar-refractivity contribution in [2.75, 3.05) is 13.2 Å². The highest BCUT2D eigenvalue weighted by Gasteiger charge is 2.19. The largest absolute Gasteiger partial charge is 0.462 e.